The first-order chi connectivity index (χ1) is 13.5. The number of aryl methyl sites for hydroxylation is 2. The van der Waals surface area contributed by atoms with Gasteiger partial charge in [-0.25, -0.2) is 4.98 Å². The Kier molecular flexibility index (Phi) is 4.68. The number of aromatic nitrogens is 1. The van der Waals surface area contributed by atoms with Gasteiger partial charge in [0.1, 0.15) is 0 Å². The Bertz CT molecular complexity index is 1050. The van der Waals surface area contributed by atoms with Crippen LogP contribution < -0.4 is 5.32 Å². The van der Waals surface area contributed by atoms with Crippen molar-refractivity contribution in [2.24, 2.45) is 0 Å². The highest BCUT2D eigenvalue weighted by Crippen LogP contribution is 2.30. The molecule has 0 fully saturated rings. The number of hydrogen-bond donors (Lipinski definition) is 1. The van der Waals surface area contributed by atoms with Crippen molar-refractivity contribution in [3.63, 3.8) is 0 Å². The van der Waals surface area contributed by atoms with E-state index in [0.717, 1.165) is 16.0 Å². The van der Waals surface area contributed by atoms with E-state index in [1.54, 1.807) is 12.1 Å². The van der Waals surface area contributed by atoms with Crippen molar-refractivity contribution >= 4 is 45.0 Å². The molecule has 1 aliphatic rings. The van der Waals surface area contributed by atoms with Crippen molar-refractivity contribution in [1.82, 2.24) is 9.88 Å². The van der Waals surface area contributed by atoms with Crippen LogP contribution in [-0.4, -0.2) is 34.2 Å². The number of nitrogens with one attached hydrogen (secondary N) is 1. The molecule has 1 aromatic heterocycles. The van der Waals surface area contributed by atoms with Crippen molar-refractivity contribution in [3.05, 3.63) is 58.1 Å². The Hall–Kier alpha value is -3.06. The summed E-state index contributed by atoms with van der Waals surface area (Å²) in [6, 6.07) is 10.9. The van der Waals surface area contributed by atoms with Gasteiger partial charge in [-0.15, -0.1) is 11.3 Å². The molecule has 3 amide bonds. The first-order valence-corrected chi connectivity index (χ1v) is 9.89. The molecule has 0 aliphatic carbocycles. The van der Waals surface area contributed by atoms with Gasteiger partial charge in [0.05, 0.1) is 5.69 Å². The van der Waals surface area contributed by atoms with E-state index in [0.29, 0.717) is 28.1 Å². The maximum atomic E-state index is 12.8. The van der Waals surface area contributed by atoms with E-state index in [9.17, 15) is 14.4 Å². The normalized spacial score (nSPS) is 13.3. The van der Waals surface area contributed by atoms with Crippen molar-refractivity contribution in [3.8, 4) is 0 Å². The first kappa shape index (κ1) is 18.3. The van der Waals surface area contributed by atoms with Crippen LogP contribution in [0, 0.1) is 13.8 Å². The zero-order valence-corrected chi connectivity index (χ0v) is 16.4. The molecule has 2 aromatic carbocycles. The van der Waals surface area contributed by atoms with Gasteiger partial charge < -0.3 is 5.32 Å². The van der Waals surface area contributed by atoms with E-state index in [4.69, 9.17) is 0 Å². The van der Waals surface area contributed by atoms with Crippen molar-refractivity contribution in [1.29, 1.82) is 0 Å². The molecular formula is C21H19N3O3S. The molecule has 1 N–H and O–H groups in total. The molecule has 0 unspecified atom stereocenters. The predicted octanol–water partition coefficient (Wildman–Crippen LogP) is 3.93. The third kappa shape index (κ3) is 3.18. The summed E-state index contributed by atoms with van der Waals surface area (Å²) in [5.74, 6) is -0.782. The second-order valence-electron chi connectivity index (χ2n) is 6.78. The molecule has 4 rings (SSSR count). The van der Waals surface area contributed by atoms with Crippen LogP contribution in [0.1, 0.15) is 44.1 Å². The van der Waals surface area contributed by atoms with Crippen LogP contribution in [0.4, 0.5) is 5.13 Å². The molecule has 0 saturated carbocycles. The monoisotopic (exact) mass is 393 g/mol. The molecule has 0 radical (unpaired) electrons. The van der Waals surface area contributed by atoms with Gasteiger partial charge in [-0.2, -0.15) is 0 Å². The molecule has 1 aliphatic heterocycles. The van der Waals surface area contributed by atoms with Crippen LogP contribution in [0.2, 0.25) is 0 Å². The highest BCUT2D eigenvalue weighted by atomic mass is 32.1. The number of hydrogen-bond acceptors (Lipinski definition) is 5. The van der Waals surface area contributed by atoms with Crippen LogP contribution in [0.5, 0.6) is 0 Å². The standard InChI is InChI=1S/C21H19N3O3S/c1-12-13(2)28-21(22-12)23-17(25)10-5-11-24-19(26)15-8-3-6-14-7-4-9-16(18(14)15)20(24)27/h3-4,6-9H,5,10-11H2,1-2H3,(H,22,23,25). The second kappa shape index (κ2) is 7.16. The van der Waals surface area contributed by atoms with Gasteiger partial charge in [-0.1, -0.05) is 24.3 Å². The topological polar surface area (TPSA) is 79.4 Å². The average Bonchev–Trinajstić information content (AvgIpc) is 2.99. The van der Waals surface area contributed by atoms with Gasteiger partial charge in [0, 0.05) is 34.4 Å². The Morgan fingerprint density at radius 2 is 1.71 bits per heavy atom. The zero-order valence-electron chi connectivity index (χ0n) is 15.6. The number of thiazole rings is 1. The van der Waals surface area contributed by atoms with Gasteiger partial charge in [0.2, 0.25) is 5.91 Å². The SMILES string of the molecule is Cc1nc(NC(=O)CCCN2C(=O)c3cccc4cccc(c34)C2=O)sc1C. The molecule has 0 bridgehead atoms. The Labute approximate surface area is 166 Å². The lowest BCUT2D eigenvalue weighted by molar-refractivity contribution is -0.116. The van der Waals surface area contributed by atoms with Crippen LogP contribution in [0.3, 0.4) is 0 Å². The molecule has 7 heteroatoms. The third-order valence-corrected chi connectivity index (χ3v) is 5.90. The smallest absolute Gasteiger partial charge is 0.261 e. The molecular weight excluding hydrogens is 374 g/mol. The molecule has 28 heavy (non-hydrogen) atoms. The second-order valence-corrected chi connectivity index (χ2v) is 7.99. The number of rotatable bonds is 5. The van der Waals surface area contributed by atoms with Crippen molar-refractivity contribution < 1.29 is 14.4 Å². The van der Waals surface area contributed by atoms with Crippen molar-refractivity contribution in [2.45, 2.75) is 26.7 Å². The van der Waals surface area contributed by atoms with E-state index in [1.165, 1.54) is 16.2 Å². The maximum Gasteiger partial charge on any atom is 0.261 e. The molecule has 142 valence electrons. The van der Waals surface area contributed by atoms with Gasteiger partial charge in [-0.3, -0.25) is 19.3 Å². The Balaban J connectivity index is 1.44. The van der Waals surface area contributed by atoms with Crippen molar-refractivity contribution in [2.75, 3.05) is 11.9 Å². The summed E-state index contributed by atoms with van der Waals surface area (Å²) in [5.41, 5.74) is 1.97. The lowest BCUT2D eigenvalue weighted by atomic mass is 9.94. The number of carbonyl (C=O) groups excluding carboxylic acids is 3. The fourth-order valence-corrected chi connectivity index (χ4v) is 4.22. The maximum absolute atomic E-state index is 12.8. The summed E-state index contributed by atoms with van der Waals surface area (Å²) in [6.45, 7) is 4.05. The van der Waals surface area contributed by atoms with Gasteiger partial charge in [-0.05, 0) is 37.8 Å². The Morgan fingerprint density at radius 3 is 2.29 bits per heavy atom. The minimum atomic E-state index is -0.305. The van der Waals surface area contributed by atoms with E-state index in [2.05, 4.69) is 10.3 Å². The molecule has 3 aromatic rings. The lowest BCUT2D eigenvalue weighted by Gasteiger charge is -2.27. The third-order valence-electron chi connectivity index (χ3n) is 4.92. The molecule has 0 atom stereocenters. The first-order valence-electron chi connectivity index (χ1n) is 9.07. The fourth-order valence-electron chi connectivity index (χ4n) is 3.39. The summed E-state index contributed by atoms with van der Waals surface area (Å²) >= 11 is 1.43. The quantitative estimate of drug-likeness (QED) is 0.666. The van der Waals surface area contributed by atoms with Crippen LogP contribution in [0.15, 0.2) is 36.4 Å². The number of imide groups is 1. The number of nitrogens with zero attached hydrogens (tertiary/aromatic N) is 2. The summed E-state index contributed by atoms with van der Waals surface area (Å²) in [7, 11) is 0. The number of benzene rings is 2. The van der Waals surface area contributed by atoms with Crippen LogP contribution >= 0.6 is 11.3 Å². The summed E-state index contributed by atoms with van der Waals surface area (Å²) in [6.07, 6.45) is 0.603. The lowest BCUT2D eigenvalue weighted by Crippen LogP contribution is -2.41. The van der Waals surface area contributed by atoms with E-state index in [1.807, 2.05) is 38.1 Å². The van der Waals surface area contributed by atoms with Crippen LogP contribution in [0.25, 0.3) is 10.8 Å². The van der Waals surface area contributed by atoms with Crippen LogP contribution in [-0.2, 0) is 4.79 Å². The van der Waals surface area contributed by atoms with E-state index < -0.39 is 0 Å². The summed E-state index contributed by atoms with van der Waals surface area (Å²) in [4.78, 5) is 44.4. The number of carbonyl (C=O) groups is 3. The van der Waals surface area contributed by atoms with Gasteiger partial charge in [0.25, 0.3) is 11.8 Å². The minimum absolute atomic E-state index is 0.173. The largest absolute Gasteiger partial charge is 0.302 e. The number of amides is 3. The fraction of sp³-hybridized carbons (Fsp3) is 0.238. The van der Waals surface area contributed by atoms with E-state index in [-0.39, 0.29) is 30.7 Å². The molecule has 6 nitrogen and oxygen atoms in total. The Morgan fingerprint density at radius 1 is 1.07 bits per heavy atom. The minimum Gasteiger partial charge on any atom is -0.302 e. The highest BCUT2D eigenvalue weighted by molar-refractivity contribution is 7.15. The van der Waals surface area contributed by atoms with Gasteiger partial charge in [0.15, 0.2) is 5.13 Å². The number of anilines is 1. The molecule has 2 heterocycles. The molecule has 0 saturated heterocycles. The predicted molar refractivity (Wildman–Crippen MR) is 109 cm³/mol. The average molecular weight is 393 g/mol. The molecule has 0 spiro atoms. The van der Waals surface area contributed by atoms with Gasteiger partial charge >= 0.3 is 0 Å². The highest BCUT2D eigenvalue weighted by Gasteiger charge is 2.32. The van der Waals surface area contributed by atoms with E-state index >= 15 is 0 Å². The zero-order chi connectivity index (χ0) is 19.8. The summed E-state index contributed by atoms with van der Waals surface area (Å²) < 4.78 is 0. The summed E-state index contributed by atoms with van der Waals surface area (Å²) in [5, 5.41) is 4.94.